The molecule has 0 atom stereocenters. The van der Waals surface area contributed by atoms with E-state index in [2.05, 4.69) is 6.58 Å². The molecule has 0 amide bonds. The van der Waals surface area contributed by atoms with Crippen LogP contribution < -0.4 is 0 Å². The molecule has 0 heterocycles. The second kappa shape index (κ2) is 5.12. The van der Waals surface area contributed by atoms with Crippen LogP contribution in [0.25, 0.3) is 0 Å². The molecule has 0 fully saturated rings. The van der Waals surface area contributed by atoms with Crippen molar-refractivity contribution in [1.29, 1.82) is 0 Å². The molecule has 0 radical (unpaired) electrons. The van der Waals surface area contributed by atoms with Gasteiger partial charge in [-0.2, -0.15) is 0 Å². The fourth-order valence-corrected chi connectivity index (χ4v) is 0.814. The summed E-state index contributed by atoms with van der Waals surface area (Å²) in [4.78, 5) is 0. The molecule has 0 aliphatic heterocycles. The second-order valence-corrected chi connectivity index (χ2v) is 2.01. The minimum Gasteiger partial charge on any atom is -0.496 e. The van der Waals surface area contributed by atoms with Gasteiger partial charge in [0.05, 0.1) is 12.1 Å². The highest BCUT2D eigenvalue weighted by atomic mass is 35.5. The van der Waals surface area contributed by atoms with Crippen LogP contribution in [-0.2, 0) is 4.74 Å². The van der Waals surface area contributed by atoms with E-state index in [0.717, 1.165) is 0 Å². The zero-order valence-corrected chi connectivity index (χ0v) is 6.98. The fraction of sp³-hybridized carbons (Fsp3) is 0.250. The van der Waals surface area contributed by atoms with Gasteiger partial charge >= 0.3 is 0 Å². The summed E-state index contributed by atoms with van der Waals surface area (Å²) in [5.41, 5.74) is 0. The highest BCUT2D eigenvalue weighted by Crippen LogP contribution is 2.14. The van der Waals surface area contributed by atoms with E-state index in [0.29, 0.717) is 10.8 Å². The maximum Gasteiger partial charge on any atom is 0.133 e. The van der Waals surface area contributed by atoms with Crippen LogP contribution in [-0.4, -0.2) is 7.11 Å². The Morgan fingerprint density at radius 1 is 1.60 bits per heavy atom. The SMILES string of the molecule is C=C/C=C(Cl)\C(=C/C)OC. The summed E-state index contributed by atoms with van der Waals surface area (Å²) in [6.07, 6.45) is 5.09. The van der Waals surface area contributed by atoms with Crippen molar-refractivity contribution in [2.24, 2.45) is 0 Å². The lowest BCUT2D eigenvalue weighted by Gasteiger charge is -2.01. The minimum absolute atomic E-state index is 0.569. The van der Waals surface area contributed by atoms with Crippen molar-refractivity contribution in [3.05, 3.63) is 35.6 Å². The van der Waals surface area contributed by atoms with E-state index in [-0.39, 0.29) is 0 Å². The fourth-order valence-electron chi connectivity index (χ4n) is 0.539. The monoisotopic (exact) mass is 158 g/mol. The third-order valence-electron chi connectivity index (χ3n) is 0.982. The van der Waals surface area contributed by atoms with Crippen LogP contribution in [0.15, 0.2) is 35.6 Å². The van der Waals surface area contributed by atoms with Gasteiger partial charge in [0.25, 0.3) is 0 Å². The first-order valence-corrected chi connectivity index (χ1v) is 3.33. The number of methoxy groups -OCH3 is 1. The van der Waals surface area contributed by atoms with Crippen molar-refractivity contribution in [2.45, 2.75) is 6.92 Å². The van der Waals surface area contributed by atoms with Crippen molar-refractivity contribution in [1.82, 2.24) is 0 Å². The van der Waals surface area contributed by atoms with Crippen molar-refractivity contribution in [3.63, 3.8) is 0 Å². The molecule has 1 nitrogen and oxygen atoms in total. The Kier molecular flexibility index (Phi) is 4.77. The lowest BCUT2D eigenvalue weighted by atomic mass is 10.4. The third-order valence-corrected chi connectivity index (χ3v) is 1.29. The lowest BCUT2D eigenvalue weighted by Crippen LogP contribution is -1.84. The van der Waals surface area contributed by atoms with Crippen molar-refractivity contribution >= 4 is 11.6 Å². The zero-order valence-electron chi connectivity index (χ0n) is 6.23. The smallest absolute Gasteiger partial charge is 0.133 e. The van der Waals surface area contributed by atoms with Crippen LogP contribution in [0.3, 0.4) is 0 Å². The molecule has 0 aliphatic rings. The van der Waals surface area contributed by atoms with Gasteiger partial charge in [0.1, 0.15) is 5.76 Å². The molecule has 0 aromatic rings. The summed E-state index contributed by atoms with van der Waals surface area (Å²) in [7, 11) is 1.58. The van der Waals surface area contributed by atoms with Crippen LogP contribution in [0.5, 0.6) is 0 Å². The van der Waals surface area contributed by atoms with Gasteiger partial charge in [-0.05, 0) is 19.1 Å². The van der Waals surface area contributed by atoms with E-state index >= 15 is 0 Å². The number of allylic oxidation sites excluding steroid dienone is 4. The molecule has 0 unspecified atom stereocenters. The molecule has 0 saturated heterocycles. The number of rotatable bonds is 3. The van der Waals surface area contributed by atoms with Crippen LogP contribution in [0.1, 0.15) is 6.92 Å². The quantitative estimate of drug-likeness (QED) is 0.454. The van der Waals surface area contributed by atoms with E-state index < -0.39 is 0 Å². The maximum absolute atomic E-state index is 5.74. The predicted molar refractivity (Wildman–Crippen MR) is 44.9 cm³/mol. The van der Waals surface area contributed by atoms with Crippen LogP contribution in [0.4, 0.5) is 0 Å². The average molecular weight is 159 g/mol. The first kappa shape index (κ1) is 9.31. The Bertz CT molecular complexity index is 168. The van der Waals surface area contributed by atoms with Gasteiger partial charge in [0.15, 0.2) is 0 Å². The van der Waals surface area contributed by atoms with Crippen LogP contribution >= 0.6 is 11.6 Å². The van der Waals surface area contributed by atoms with Gasteiger partial charge in [-0.3, -0.25) is 0 Å². The normalized spacial score (nSPS) is 13.1. The summed E-state index contributed by atoms with van der Waals surface area (Å²) >= 11 is 5.74. The van der Waals surface area contributed by atoms with Gasteiger partial charge in [-0.25, -0.2) is 0 Å². The summed E-state index contributed by atoms with van der Waals surface area (Å²) in [6, 6.07) is 0. The second-order valence-electron chi connectivity index (χ2n) is 1.61. The molecule has 0 rings (SSSR count). The number of hydrogen-bond donors (Lipinski definition) is 0. The third kappa shape index (κ3) is 2.74. The van der Waals surface area contributed by atoms with E-state index in [1.54, 1.807) is 25.3 Å². The van der Waals surface area contributed by atoms with Gasteiger partial charge in [-0.15, -0.1) is 0 Å². The molecule has 0 bridgehead atoms. The Labute approximate surface area is 66.6 Å². The average Bonchev–Trinajstić information content (AvgIpc) is 1.91. The highest BCUT2D eigenvalue weighted by Gasteiger charge is 1.96. The molecule has 0 spiro atoms. The van der Waals surface area contributed by atoms with Crippen LogP contribution in [0, 0.1) is 0 Å². The molecule has 56 valence electrons. The molecule has 0 aromatic heterocycles. The van der Waals surface area contributed by atoms with Crippen molar-refractivity contribution in [3.8, 4) is 0 Å². The Morgan fingerprint density at radius 2 is 2.20 bits per heavy atom. The summed E-state index contributed by atoms with van der Waals surface area (Å²) < 4.78 is 4.93. The topological polar surface area (TPSA) is 9.23 Å². The minimum atomic E-state index is 0.569. The first-order chi connectivity index (χ1) is 4.76. The van der Waals surface area contributed by atoms with Gasteiger partial charge < -0.3 is 4.74 Å². The molecular formula is C8H11ClO. The summed E-state index contributed by atoms with van der Waals surface area (Å²) in [5.74, 6) is 0.668. The first-order valence-electron chi connectivity index (χ1n) is 2.95. The molecule has 0 aliphatic carbocycles. The maximum atomic E-state index is 5.74. The number of ether oxygens (including phenoxy) is 1. The predicted octanol–water partition coefficient (Wildman–Crippen LogP) is 2.85. The van der Waals surface area contributed by atoms with Gasteiger partial charge in [-0.1, -0.05) is 24.3 Å². The van der Waals surface area contributed by atoms with Crippen molar-refractivity contribution in [2.75, 3.05) is 7.11 Å². The molecule has 2 heteroatoms. The van der Waals surface area contributed by atoms with E-state index in [4.69, 9.17) is 16.3 Å². The Hall–Kier alpha value is -0.690. The molecular weight excluding hydrogens is 148 g/mol. The zero-order chi connectivity index (χ0) is 7.98. The Morgan fingerprint density at radius 3 is 2.50 bits per heavy atom. The molecule has 0 N–H and O–H groups in total. The molecule has 0 saturated carbocycles. The summed E-state index contributed by atoms with van der Waals surface area (Å²) in [6.45, 7) is 5.37. The number of halogens is 1. The molecule has 0 aromatic carbocycles. The van der Waals surface area contributed by atoms with E-state index in [1.807, 2.05) is 6.92 Å². The number of hydrogen-bond acceptors (Lipinski definition) is 1. The molecule has 10 heavy (non-hydrogen) atoms. The largest absolute Gasteiger partial charge is 0.496 e. The van der Waals surface area contributed by atoms with Crippen molar-refractivity contribution < 1.29 is 4.74 Å². The highest BCUT2D eigenvalue weighted by molar-refractivity contribution is 6.31. The van der Waals surface area contributed by atoms with E-state index in [9.17, 15) is 0 Å². The Balaban J connectivity index is 4.30. The van der Waals surface area contributed by atoms with E-state index in [1.165, 1.54) is 0 Å². The van der Waals surface area contributed by atoms with Gasteiger partial charge in [0.2, 0.25) is 0 Å². The standard InChI is InChI=1S/C8H11ClO/c1-4-6-7(9)8(5-2)10-3/h4-6H,1H2,2-3H3/b7-6+,8-5+. The lowest BCUT2D eigenvalue weighted by molar-refractivity contribution is 0.304. The summed E-state index contributed by atoms with van der Waals surface area (Å²) in [5, 5.41) is 0.569. The van der Waals surface area contributed by atoms with Gasteiger partial charge in [0, 0.05) is 0 Å². The van der Waals surface area contributed by atoms with Crippen LogP contribution in [0.2, 0.25) is 0 Å².